The molecule has 0 aliphatic rings. The van der Waals surface area contributed by atoms with Crippen LogP contribution in [0, 0.1) is 5.82 Å². The summed E-state index contributed by atoms with van der Waals surface area (Å²) in [6.45, 7) is 1.66. The Hall–Kier alpha value is -2.41. The summed E-state index contributed by atoms with van der Waals surface area (Å²) >= 11 is 3.29. The number of carbonyl (C=O) groups excluding carboxylic acids is 1. The van der Waals surface area contributed by atoms with Crippen LogP contribution in [0.25, 0.3) is 0 Å². The van der Waals surface area contributed by atoms with E-state index in [9.17, 15) is 14.3 Å². The normalized spacial score (nSPS) is 12.1. The van der Waals surface area contributed by atoms with Gasteiger partial charge in [-0.15, -0.1) is 0 Å². The van der Waals surface area contributed by atoms with Gasteiger partial charge >= 0.3 is 0 Å². The molecule has 0 aromatic heterocycles. The first-order chi connectivity index (χ1) is 11.0. The van der Waals surface area contributed by atoms with Crippen LogP contribution in [0.5, 0.6) is 5.75 Å². The molecule has 0 saturated heterocycles. The zero-order valence-corrected chi connectivity index (χ0v) is 13.8. The van der Waals surface area contributed by atoms with Crippen molar-refractivity contribution in [2.75, 3.05) is 5.32 Å². The van der Waals surface area contributed by atoms with Gasteiger partial charge in [0.15, 0.2) is 0 Å². The van der Waals surface area contributed by atoms with E-state index < -0.39 is 6.04 Å². The summed E-state index contributed by atoms with van der Waals surface area (Å²) in [5.41, 5.74) is 3.48. The lowest BCUT2D eigenvalue weighted by Crippen LogP contribution is -2.34. The number of nitrogens with zero attached hydrogens (tertiary/aromatic N) is 1. The molecule has 3 N–H and O–H groups in total. The fourth-order valence-corrected chi connectivity index (χ4v) is 2.13. The summed E-state index contributed by atoms with van der Waals surface area (Å²) in [4.78, 5) is 11.9. The number of nitrogens with one attached hydrogen (secondary N) is 2. The average molecular weight is 380 g/mol. The second kappa shape index (κ2) is 7.73. The molecule has 1 amide bonds. The minimum Gasteiger partial charge on any atom is -0.507 e. The number of phenolic OH excluding ortho intramolecular Hbond substituents is 1. The molecule has 0 spiro atoms. The van der Waals surface area contributed by atoms with Crippen LogP contribution in [-0.4, -0.2) is 23.3 Å². The topological polar surface area (TPSA) is 73.7 Å². The van der Waals surface area contributed by atoms with E-state index in [1.807, 2.05) is 0 Å². The van der Waals surface area contributed by atoms with Crippen molar-refractivity contribution in [2.45, 2.75) is 13.0 Å². The van der Waals surface area contributed by atoms with E-state index in [4.69, 9.17) is 0 Å². The SMILES string of the molecule is C[C@H](Nc1ccc(F)cc1)C(=O)N/N=C\c1cc(Br)ccc1O. The van der Waals surface area contributed by atoms with Crippen LogP contribution in [-0.2, 0) is 4.79 Å². The predicted octanol–water partition coefficient (Wildman–Crippen LogP) is 3.24. The van der Waals surface area contributed by atoms with Crippen molar-refractivity contribution in [1.29, 1.82) is 0 Å². The van der Waals surface area contributed by atoms with E-state index in [0.717, 1.165) is 4.47 Å². The highest BCUT2D eigenvalue weighted by Gasteiger charge is 2.11. The van der Waals surface area contributed by atoms with Gasteiger partial charge in [-0.25, -0.2) is 9.82 Å². The Morgan fingerprint density at radius 1 is 1.30 bits per heavy atom. The lowest BCUT2D eigenvalue weighted by molar-refractivity contribution is -0.121. The third kappa shape index (κ3) is 5.07. The number of carbonyl (C=O) groups is 1. The Morgan fingerprint density at radius 3 is 2.70 bits per heavy atom. The molecule has 0 saturated carbocycles. The minimum atomic E-state index is -0.561. The maximum absolute atomic E-state index is 12.8. The van der Waals surface area contributed by atoms with E-state index in [2.05, 4.69) is 31.8 Å². The first kappa shape index (κ1) is 17.0. The number of phenols is 1. The number of anilines is 1. The minimum absolute atomic E-state index is 0.0590. The summed E-state index contributed by atoms with van der Waals surface area (Å²) < 4.78 is 13.6. The third-order valence-electron chi connectivity index (χ3n) is 2.99. The molecule has 120 valence electrons. The van der Waals surface area contributed by atoms with Gasteiger partial charge in [-0.3, -0.25) is 4.79 Å². The van der Waals surface area contributed by atoms with E-state index in [0.29, 0.717) is 11.3 Å². The Balaban J connectivity index is 1.92. The van der Waals surface area contributed by atoms with E-state index in [1.165, 1.54) is 24.4 Å². The highest BCUT2D eigenvalue weighted by atomic mass is 79.9. The molecule has 0 bridgehead atoms. The smallest absolute Gasteiger partial charge is 0.262 e. The van der Waals surface area contributed by atoms with Gasteiger partial charge < -0.3 is 10.4 Å². The van der Waals surface area contributed by atoms with E-state index in [1.54, 1.807) is 31.2 Å². The summed E-state index contributed by atoms with van der Waals surface area (Å²) in [7, 11) is 0. The molecule has 7 heteroatoms. The molecule has 0 aliphatic heterocycles. The molecule has 0 radical (unpaired) electrons. The van der Waals surface area contributed by atoms with Gasteiger partial charge in [-0.1, -0.05) is 15.9 Å². The molecule has 23 heavy (non-hydrogen) atoms. The van der Waals surface area contributed by atoms with Gasteiger partial charge in [0.05, 0.1) is 6.21 Å². The molecule has 2 rings (SSSR count). The van der Waals surface area contributed by atoms with E-state index in [-0.39, 0.29) is 17.5 Å². The van der Waals surface area contributed by atoms with Gasteiger partial charge in [0.1, 0.15) is 17.6 Å². The molecular weight excluding hydrogens is 365 g/mol. The van der Waals surface area contributed by atoms with Crippen LogP contribution >= 0.6 is 15.9 Å². The molecule has 0 aliphatic carbocycles. The fourth-order valence-electron chi connectivity index (χ4n) is 1.75. The lowest BCUT2D eigenvalue weighted by atomic mass is 10.2. The molecule has 0 unspecified atom stereocenters. The first-order valence-corrected chi connectivity index (χ1v) is 7.58. The Labute approximate surface area is 141 Å². The number of aromatic hydroxyl groups is 1. The molecule has 2 aromatic rings. The van der Waals surface area contributed by atoms with Crippen LogP contribution in [0.15, 0.2) is 52.0 Å². The van der Waals surface area contributed by atoms with Crippen molar-refractivity contribution < 1.29 is 14.3 Å². The second-order valence-electron chi connectivity index (χ2n) is 4.81. The number of amides is 1. The van der Waals surface area contributed by atoms with Crippen molar-refractivity contribution in [3.63, 3.8) is 0 Å². The van der Waals surface area contributed by atoms with Crippen molar-refractivity contribution >= 4 is 33.7 Å². The maximum Gasteiger partial charge on any atom is 0.262 e. The predicted molar refractivity (Wildman–Crippen MR) is 91.0 cm³/mol. The lowest BCUT2D eigenvalue weighted by Gasteiger charge is -2.13. The van der Waals surface area contributed by atoms with Crippen molar-refractivity contribution in [3.8, 4) is 5.75 Å². The third-order valence-corrected chi connectivity index (χ3v) is 3.48. The second-order valence-corrected chi connectivity index (χ2v) is 5.73. The van der Waals surface area contributed by atoms with Crippen molar-refractivity contribution in [3.05, 3.63) is 58.3 Å². The van der Waals surface area contributed by atoms with Gasteiger partial charge in [0, 0.05) is 15.7 Å². The average Bonchev–Trinajstić information content (AvgIpc) is 2.52. The quantitative estimate of drug-likeness (QED) is 0.551. The van der Waals surface area contributed by atoms with Crippen LogP contribution in [0.3, 0.4) is 0 Å². The molecular formula is C16H15BrFN3O2. The molecule has 0 fully saturated rings. The first-order valence-electron chi connectivity index (χ1n) is 6.79. The van der Waals surface area contributed by atoms with Gasteiger partial charge in [-0.05, 0) is 49.4 Å². The Bertz CT molecular complexity index is 720. The van der Waals surface area contributed by atoms with E-state index >= 15 is 0 Å². The van der Waals surface area contributed by atoms with Gasteiger partial charge in [-0.2, -0.15) is 5.10 Å². The fraction of sp³-hybridized carbons (Fsp3) is 0.125. The monoisotopic (exact) mass is 379 g/mol. The highest BCUT2D eigenvalue weighted by Crippen LogP contribution is 2.19. The highest BCUT2D eigenvalue weighted by molar-refractivity contribution is 9.10. The van der Waals surface area contributed by atoms with Crippen molar-refractivity contribution in [2.24, 2.45) is 5.10 Å². The maximum atomic E-state index is 12.8. The number of rotatable bonds is 5. The Kier molecular flexibility index (Phi) is 5.70. The molecule has 1 atom stereocenters. The molecule has 2 aromatic carbocycles. The molecule has 0 heterocycles. The Morgan fingerprint density at radius 2 is 2.00 bits per heavy atom. The zero-order chi connectivity index (χ0) is 16.8. The summed E-state index contributed by atoms with van der Waals surface area (Å²) in [5.74, 6) is -0.644. The van der Waals surface area contributed by atoms with Crippen LogP contribution in [0.4, 0.5) is 10.1 Å². The summed E-state index contributed by atoms with van der Waals surface area (Å²) in [6.07, 6.45) is 1.35. The van der Waals surface area contributed by atoms with Crippen LogP contribution in [0.1, 0.15) is 12.5 Å². The van der Waals surface area contributed by atoms with Crippen LogP contribution < -0.4 is 10.7 Å². The summed E-state index contributed by atoms with van der Waals surface area (Å²) in [5, 5.41) is 16.4. The zero-order valence-electron chi connectivity index (χ0n) is 12.3. The summed E-state index contributed by atoms with van der Waals surface area (Å²) in [6, 6.07) is 10.0. The number of hydrazone groups is 1. The van der Waals surface area contributed by atoms with Crippen molar-refractivity contribution in [1.82, 2.24) is 5.43 Å². The van der Waals surface area contributed by atoms with Gasteiger partial charge in [0.2, 0.25) is 0 Å². The number of hydrogen-bond donors (Lipinski definition) is 3. The number of halogens is 2. The van der Waals surface area contributed by atoms with Crippen LogP contribution in [0.2, 0.25) is 0 Å². The largest absolute Gasteiger partial charge is 0.507 e. The number of benzene rings is 2. The molecule has 5 nitrogen and oxygen atoms in total. The van der Waals surface area contributed by atoms with Gasteiger partial charge in [0.25, 0.3) is 5.91 Å². The standard InChI is InChI=1S/C16H15BrFN3O2/c1-10(20-14-5-3-13(18)4-6-14)16(23)21-19-9-11-8-12(17)2-7-15(11)22/h2-10,20,22H,1H3,(H,21,23)/b19-9-/t10-/m0/s1. The number of hydrogen-bond acceptors (Lipinski definition) is 4.